The number of esters is 1. The van der Waals surface area contributed by atoms with Gasteiger partial charge in [0.25, 0.3) is 6.79 Å². The minimum atomic E-state index is -0.941. The van der Waals surface area contributed by atoms with Crippen LogP contribution in [0.15, 0.2) is 5.28 Å². The van der Waals surface area contributed by atoms with E-state index in [1.807, 2.05) is 0 Å². The number of carbonyl (C=O) groups is 2. The Kier molecular flexibility index (Phi) is 5.15. The molecule has 0 spiro atoms. The Labute approximate surface area is 103 Å². The molecule has 102 valence electrons. The Morgan fingerprint density at radius 3 is 2.89 bits per heavy atom. The second-order valence-corrected chi connectivity index (χ2v) is 3.69. The summed E-state index contributed by atoms with van der Waals surface area (Å²) in [4.78, 5) is 26.0. The summed E-state index contributed by atoms with van der Waals surface area (Å²) in [5.74, 6) is -1.98. The number of hydrogen-bond donors (Lipinski definition) is 1. The van der Waals surface area contributed by atoms with E-state index >= 15 is 0 Å². The van der Waals surface area contributed by atoms with E-state index in [1.54, 1.807) is 6.92 Å². The first-order chi connectivity index (χ1) is 8.54. The van der Waals surface area contributed by atoms with E-state index in [1.165, 1.54) is 5.01 Å². The minimum absolute atomic E-state index is 0.0838. The van der Waals surface area contributed by atoms with Crippen LogP contribution >= 0.6 is 0 Å². The van der Waals surface area contributed by atoms with Crippen LogP contribution in [0.4, 0.5) is 0 Å². The van der Waals surface area contributed by atoms with Crippen molar-refractivity contribution >= 4 is 11.9 Å². The Bertz CT molecular complexity index is 345. The van der Waals surface area contributed by atoms with Crippen molar-refractivity contribution in [1.29, 1.82) is 0 Å². The van der Waals surface area contributed by atoms with E-state index in [0.717, 1.165) is 0 Å². The molecule has 1 aliphatic heterocycles. The maximum atomic E-state index is 11.3. The van der Waals surface area contributed by atoms with Crippen molar-refractivity contribution in [2.24, 2.45) is 11.2 Å². The fourth-order valence-electron chi connectivity index (χ4n) is 1.42. The molecule has 0 aliphatic carbocycles. The van der Waals surface area contributed by atoms with Crippen LogP contribution in [0, 0.1) is 11.1 Å². The number of rotatable bonds is 6. The van der Waals surface area contributed by atoms with Gasteiger partial charge < -0.3 is 19.9 Å². The standard InChI is InChI=1S/C9H15N3O6/c1-2-8(13)17-6-18-10-12(16)11-4-3-7(5-11)9(14)15/h7H,2-6H2,1H3,(H,14,15)/b12-10-. The van der Waals surface area contributed by atoms with E-state index in [9.17, 15) is 14.8 Å². The van der Waals surface area contributed by atoms with Gasteiger partial charge in [0, 0.05) is 6.42 Å². The molecule has 1 aliphatic rings. The molecule has 1 unspecified atom stereocenters. The molecule has 9 nitrogen and oxygen atoms in total. The zero-order chi connectivity index (χ0) is 13.5. The van der Waals surface area contributed by atoms with Crippen LogP contribution in [0.3, 0.4) is 0 Å². The van der Waals surface area contributed by atoms with Gasteiger partial charge in [-0.05, 0) is 6.42 Å². The van der Waals surface area contributed by atoms with Gasteiger partial charge >= 0.3 is 11.9 Å². The lowest BCUT2D eigenvalue weighted by molar-refractivity contribution is -0.708. The Morgan fingerprint density at radius 2 is 2.33 bits per heavy atom. The number of carbonyl (C=O) groups excluding carboxylic acids is 1. The van der Waals surface area contributed by atoms with Crippen molar-refractivity contribution < 1.29 is 29.2 Å². The lowest BCUT2D eigenvalue weighted by atomic mass is 10.1. The molecule has 1 rings (SSSR count). The van der Waals surface area contributed by atoms with Crippen molar-refractivity contribution in [3.63, 3.8) is 0 Å². The van der Waals surface area contributed by atoms with Crippen LogP contribution in [0.1, 0.15) is 19.8 Å². The summed E-state index contributed by atoms with van der Waals surface area (Å²) in [6, 6.07) is 0. The zero-order valence-corrected chi connectivity index (χ0v) is 9.94. The van der Waals surface area contributed by atoms with Crippen molar-refractivity contribution in [1.82, 2.24) is 5.01 Å². The molecule has 0 aromatic rings. The van der Waals surface area contributed by atoms with E-state index < -0.39 is 24.6 Å². The predicted octanol–water partition coefficient (Wildman–Crippen LogP) is 0.113. The van der Waals surface area contributed by atoms with Gasteiger partial charge in [-0.25, -0.2) is 0 Å². The van der Waals surface area contributed by atoms with Crippen LogP contribution < -0.4 is 0 Å². The van der Waals surface area contributed by atoms with Crippen molar-refractivity contribution in [3.8, 4) is 0 Å². The number of carboxylic acids is 1. The van der Waals surface area contributed by atoms with Crippen LogP contribution in [0.5, 0.6) is 0 Å². The summed E-state index contributed by atoms with van der Waals surface area (Å²) in [6.45, 7) is 1.56. The normalized spacial score (nSPS) is 19.7. The van der Waals surface area contributed by atoms with Gasteiger partial charge in [0.15, 0.2) is 0 Å². The average molecular weight is 261 g/mol. The van der Waals surface area contributed by atoms with Crippen LogP contribution in [-0.4, -0.2) is 46.9 Å². The molecule has 18 heavy (non-hydrogen) atoms. The maximum Gasteiger partial charge on any atom is 0.308 e. The molecule has 0 radical (unpaired) electrons. The topological polar surface area (TPSA) is 114 Å². The average Bonchev–Trinajstić information content (AvgIpc) is 2.83. The molecular formula is C9H15N3O6. The largest absolute Gasteiger partial charge is 0.569 e. The van der Waals surface area contributed by atoms with E-state index in [0.29, 0.717) is 13.0 Å². The van der Waals surface area contributed by atoms with Crippen molar-refractivity contribution in [2.75, 3.05) is 19.9 Å². The molecule has 1 atom stereocenters. The molecule has 0 aromatic heterocycles. The summed E-state index contributed by atoms with van der Waals surface area (Å²) < 4.78 is 4.53. The molecule has 1 N–H and O–H groups in total. The molecule has 0 saturated carbocycles. The third-order valence-corrected chi connectivity index (χ3v) is 2.45. The fraction of sp³-hybridized carbons (Fsp3) is 0.778. The molecule has 1 saturated heterocycles. The quantitative estimate of drug-likeness (QED) is 0.180. The minimum Gasteiger partial charge on any atom is -0.569 e. The van der Waals surface area contributed by atoms with Crippen LogP contribution in [0.25, 0.3) is 0 Å². The van der Waals surface area contributed by atoms with Gasteiger partial charge in [-0.1, -0.05) is 6.92 Å². The zero-order valence-electron chi connectivity index (χ0n) is 9.94. The number of hydrazine groups is 1. The number of carboxylic acid groups (broad SMARTS) is 1. The Balaban J connectivity index is 2.30. The molecule has 1 heterocycles. The maximum absolute atomic E-state index is 11.3. The monoisotopic (exact) mass is 261 g/mol. The van der Waals surface area contributed by atoms with Gasteiger partial charge in [-0.3, -0.25) is 9.59 Å². The van der Waals surface area contributed by atoms with Gasteiger partial charge in [-0.15, -0.1) is 5.01 Å². The molecule has 1 fully saturated rings. The smallest absolute Gasteiger partial charge is 0.308 e. The molecule has 0 amide bonds. The first-order valence-electron chi connectivity index (χ1n) is 5.48. The molecule has 0 bridgehead atoms. The first-order valence-corrected chi connectivity index (χ1v) is 5.48. The third kappa shape index (κ3) is 4.07. The van der Waals surface area contributed by atoms with E-state index in [-0.39, 0.29) is 17.9 Å². The summed E-state index contributed by atoms with van der Waals surface area (Å²) in [5, 5.41) is 24.4. The highest BCUT2D eigenvalue weighted by atomic mass is 16.8. The van der Waals surface area contributed by atoms with E-state index in [4.69, 9.17) is 5.11 Å². The van der Waals surface area contributed by atoms with Gasteiger partial charge in [0.2, 0.25) is 5.28 Å². The Morgan fingerprint density at radius 1 is 1.61 bits per heavy atom. The summed E-state index contributed by atoms with van der Waals surface area (Å²) in [6.07, 6.45) is 0.589. The van der Waals surface area contributed by atoms with Crippen molar-refractivity contribution in [2.45, 2.75) is 19.8 Å². The van der Waals surface area contributed by atoms with Crippen molar-refractivity contribution in [3.05, 3.63) is 5.21 Å². The third-order valence-electron chi connectivity index (χ3n) is 2.45. The van der Waals surface area contributed by atoms with Crippen LogP contribution in [0.2, 0.25) is 0 Å². The summed E-state index contributed by atoms with van der Waals surface area (Å²) in [7, 11) is 0. The highest BCUT2D eigenvalue weighted by molar-refractivity contribution is 5.70. The summed E-state index contributed by atoms with van der Waals surface area (Å²) >= 11 is 0. The van der Waals surface area contributed by atoms with Gasteiger partial charge in [0.05, 0.1) is 24.0 Å². The second kappa shape index (κ2) is 6.62. The molecule has 9 heteroatoms. The first kappa shape index (κ1) is 14.0. The summed E-state index contributed by atoms with van der Waals surface area (Å²) in [5.41, 5.74) is 0. The fourth-order valence-corrected chi connectivity index (χ4v) is 1.42. The molecule has 0 aromatic carbocycles. The van der Waals surface area contributed by atoms with E-state index in [2.05, 4.69) is 14.9 Å². The lowest BCUT2D eigenvalue weighted by Gasteiger charge is -2.10. The molecular weight excluding hydrogens is 246 g/mol. The van der Waals surface area contributed by atoms with Gasteiger partial charge in [-0.2, -0.15) is 0 Å². The highest BCUT2D eigenvalue weighted by Gasteiger charge is 2.32. The Hall–Kier alpha value is -2.06. The van der Waals surface area contributed by atoms with Gasteiger partial charge in [0.1, 0.15) is 0 Å². The number of hydrogen-bond acceptors (Lipinski definition) is 6. The number of nitrogens with zero attached hydrogens (tertiary/aromatic N) is 3. The van der Waals surface area contributed by atoms with Crippen LogP contribution in [-0.2, 0) is 19.2 Å². The second-order valence-electron chi connectivity index (χ2n) is 3.69. The SMILES string of the molecule is CCC(=O)OCO/N=[N+](\[O-])N1CCC(C(=O)O)C1. The lowest BCUT2D eigenvalue weighted by Crippen LogP contribution is -2.29. The highest BCUT2D eigenvalue weighted by Crippen LogP contribution is 2.16. The number of aliphatic carboxylic acids is 1. The number of ether oxygens (including phenoxy) is 1. The predicted molar refractivity (Wildman–Crippen MR) is 55.7 cm³/mol.